The first-order valence-electron chi connectivity index (χ1n) is 7.34. The molecular weight excluding hydrogens is 253 g/mol. The molecule has 0 atom stereocenters. The first-order valence-corrected chi connectivity index (χ1v) is 7.34. The Kier molecular flexibility index (Phi) is 3.10. The van der Waals surface area contributed by atoms with Crippen LogP contribution in [-0.2, 0) is 9.31 Å². The summed E-state index contributed by atoms with van der Waals surface area (Å²) in [6.07, 6.45) is 5.01. The molecule has 2 aliphatic rings. The van der Waals surface area contributed by atoms with E-state index in [0.29, 0.717) is 5.92 Å². The molecule has 1 saturated heterocycles. The van der Waals surface area contributed by atoms with E-state index in [9.17, 15) is 5.11 Å². The van der Waals surface area contributed by atoms with Crippen LogP contribution in [0, 0.1) is 0 Å². The molecule has 1 aliphatic heterocycles. The second-order valence-electron chi connectivity index (χ2n) is 6.88. The standard InChI is InChI=1S/C15H22BNO3/c1-14(2)15(3,4)20-16(19-14)13-12(10-6-5-7-10)8-11(18)9-17-13/h8-10,18H,5-7H2,1-4H3. The third-order valence-electron chi connectivity index (χ3n) is 4.96. The van der Waals surface area contributed by atoms with Crippen molar-refractivity contribution in [3.05, 3.63) is 17.8 Å². The van der Waals surface area contributed by atoms with Gasteiger partial charge in [0, 0.05) is 0 Å². The first kappa shape index (κ1) is 13.9. The van der Waals surface area contributed by atoms with E-state index in [1.807, 2.05) is 33.8 Å². The zero-order valence-corrected chi connectivity index (χ0v) is 12.6. The molecule has 4 nitrogen and oxygen atoms in total. The first-order chi connectivity index (χ1) is 9.30. The van der Waals surface area contributed by atoms with Gasteiger partial charge in [0.05, 0.1) is 23.0 Å². The lowest BCUT2D eigenvalue weighted by molar-refractivity contribution is 0.00578. The lowest BCUT2D eigenvalue weighted by atomic mass is 9.71. The molecule has 20 heavy (non-hydrogen) atoms. The van der Waals surface area contributed by atoms with E-state index in [-0.39, 0.29) is 17.0 Å². The van der Waals surface area contributed by atoms with E-state index in [4.69, 9.17) is 9.31 Å². The fourth-order valence-electron chi connectivity index (χ4n) is 2.68. The van der Waals surface area contributed by atoms with Crippen molar-refractivity contribution in [2.24, 2.45) is 0 Å². The fraction of sp³-hybridized carbons (Fsp3) is 0.667. The third kappa shape index (κ3) is 2.13. The summed E-state index contributed by atoms with van der Waals surface area (Å²) in [6.45, 7) is 8.15. The van der Waals surface area contributed by atoms with Gasteiger partial charge in [-0.1, -0.05) is 6.42 Å². The van der Waals surface area contributed by atoms with Crippen LogP contribution in [0.5, 0.6) is 5.75 Å². The third-order valence-corrected chi connectivity index (χ3v) is 4.96. The Labute approximate surface area is 120 Å². The van der Waals surface area contributed by atoms with Gasteiger partial charge in [0.1, 0.15) is 5.75 Å². The number of aromatic hydroxyl groups is 1. The molecule has 2 heterocycles. The number of rotatable bonds is 2. The van der Waals surface area contributed by atoms with Crippen molar-refractivity contribution in [3.63, 3.8) is 0 Å². The number of hydrogen-bond donors (Lipinski definition) is 1. The van der Waals surface area contributed by atoms with Crippen molar-refractivity contribution in [1.29, 1.82) is 0 Å². The summed E-state index contributed by atoms with van der Waals surface area (Å²) < 4.78 is 12.2. The van der Waals surface area contributed by atoms with Crippen molar-refractivity contribution in [2.75, 3.05) is 0 Å². The molecule has 3 rings (SSSR count). The van der Waals surface area contributed by atoms with Crippen molar-refractivity contribution in [3.8, 4) is 5.75 Å². The molecule has 2 fully saturated rings. The summed E-state index contributed by atoms with van der Waals surface area (Å²) in [5.41, 5.74) is 1.17. The van der Waals surface area contributed by atoms with Crippen molar-refractivity contribution in [1.82, 2.24) is 4.98 Å². The summed E-state index contributed by atoms with van der Waals surface area (Å²) in [7, 11) is -0.448. The van der Waals surface area contributed by atoms with E-state index < -0.39 is 7.12 Å². The Morgan fingerprint density at radius 3 is 2.30 bits per heavy atom. The summed E-state index contributed by atoms with van der Waals surface area (Å²) in [5.74, 6) is 0.691. The predicted octanol–water partition coefficient (Wildman–Crippen LogP) is 2.35. The molecular formula is C15H22BNO3. The number of nitrogens with zero attached hydrogens (tertiary/aromatic N) is 1. The van der Waals surface area contributed by atoms with E-state index in [0.717, 1.165) is 24.0 Å². The van der Waals surface area contributed by atoms with Crippen LogP contribution in [0.15, 0.2) is 12.3 Å². The molecule has 1 aliphatic carbocycles. The molecule has 1 aromatic rings. The van der Waals surface area contributed by atoms with Crippen LogP contribution in [0.4, 0.5) is 0 Å². The van der Waals surface area contributed by atoms with Crippen LogP contribution in [0.25, 0.3) is 0 Å². The lowest BCUT2D eigenvalue weighted by Gasteiger charge is -2.32. The van der Waals surface area contributed by atoms with Crippen LogP contribution in [-0.4, -0.2) is 28.4 Å². The van der Waals surface area contributed by atoms with Gasteiger partial charge < -0.3 is 14.4 Å². The van der Waals surface area contributed by atoms with Gasteiger partial charge >= 0.3 is 7.12 Å². The zero-order chi connectivity index (χ0) is 14.5. The van der Waals surface area contributed by atoms with Crippen molar-refractivity contribution >= 4 is 12.7 Å². The van der Waals surface area contributed by atoms with E-state index in [1.54, 1.807) is 0 Å². The molecule has 1 aromatic heterocycles. The largest absolute Gasteiger partial charge is 0.514 e. The van der Waals surface area contributed by atoms with E-state index in [2.05, 4.69) is 4.98 Å². The molecule has 0 bridgehead atoms. The van der Waals surface area contributed by atoms with Crippen molar-refractivity contribution < 1.29 is 14.4 Å². The fourth-order valence-corrected chi connectivity index (χ4v) is 2.68. The average molecular weight is 275 g/mol. The van der Waals surface area contributed by atoms with Crippen LogP contribution >= 0.6 is 0 Å². The zero-order valence-electron chi connectivity index (χ0n) is 12.6. The highest BCUT2D eigenvalue weighted by atomic mass is 16.7. The van der Waals surface area contributed by atoms with Gasteiger partial charge in [-0.05, 0) is 58.1 Å². The molecule has 1 N–H and O–H groups in total. The van der Waals surface area contributed by atoms with Gasteiger partial charge in [0.25, 0.3) is 0 Å². The maximum Gasteiger partial charge on any atom is 0.514 e. The quantitative estimate of drug-likeness (QED) is 0.842. The molecule has 1 saturated carbocycles. The molecule has 5 heteroatoms. The molecule has 0 amide bonds. The minimum Gasteiger partial charge on any atom is -0.506 e. The number of aromatic nitrogens is 1. The molecule has 0 aromatic carbocycles. The maximum atomic E-state index is 9.71. The maximum absolute atomic E-state index is 9.71. The topological polar surface area (TPSA) is 51.6 Å². The summed E-state index contributed by atoms with van der Waals surface area (Å²) >= 11 is 0. The highest BCUT2D eigenvalue weighted by Gasteiger charge is 2.53. The highest BCUT2D eigenvalue weighted by Crippen LogP contribution is 2.39. The smallest absolute Gasteiger partial charge is 0.506 e. The predicted molar refractivity (Wildman–Crippen MR) is 78.2 cm³/mol. The Morgan fingerprint density at radius 2 is 1.80 bits per heavy atom. The lowest BCUT2D eigenvalue weighted by Crippen LogP contribution is -2.41. The second kappa shape index (κ2) is 4.47. The van der Waals surface area contributed by atoms with Gasteiger partial charge in [0.15, 0.2) is 0 Å². The minimum absolute atomic E-state index is 0.215. The summed E-state index contributed by atoms with van der Waals surface area (Å²) in [6, 6.07) is 1.82. The van der Waals surface area contributed by atoms with Gasteiger partial charge in [-0.2, -0.15) is 0 Å². The number of hydrogen-bond acceptors (Lipinski definition) is 4. The van der Waals surface area contributed by atoms with Crippen LogP contribution in [0.2, 0.25) is 0 Å². The SMILES string of the molecule is CC1(C)OB(c2ncc(O)cc2C2CCC2)OC1(C)C. The summed E-state index contributed by atoms with van der Waals surface area (Å²) in [4.78, 5) is 4.39. The van der Waals surface area contributed by atoms with E-state index >= 15 is 0 Å². The van der Waals surface area contributed by atoms with Gasteiger partial charge in [0.2, 0.25) is 0 Å². The van der Waals surface area contributed by atoms with Crippen LogP contribution in [0.3, 0.4) is 0 Å². The van der Waals surface area contributed by atoms with Gasteiger partial charge in [-0.3, -0.25) is 4.98 Å². The highest BCUT2D eigenvalue weighted by molar-refractivity contribution is 6.61. The van der Waals surface area contributed by atoms with Crippen LogP contribution < -0.4 is 5.59 Å². The summed E-state index contributed by atoms with van der Waals surface area (Å²) in [5, 5.41) is 9.71. The van der Waals surface area contributed by atoms with E-state index in [1.165, 1.54) is 12.6 Å². The molecule has 0 spiro atoms. The Balaban J connectivity index is 1.95. The molecule has 0 radical (unpaired) electrons. The van der Waals surface area contributed by atoms with Crippen molar-refractivity contribution in [2.45, 2.75) is 64.1 Å². The average Bonchev–Trinajstić information content (AvgIpc) is 2.45. The minimum atomic E-state index is -0.448. The van der Waals surface area contributed by atoms with Gasteiger partial charge in [-0.15, -0.1) is 0 Å². The van der Waals surface area contributed by atoms with Gasteiger partial charge in [-0.25, -0.2) is 0 Å². The molecule has 0 unspecified atom stereocenters. The number of pyridine rings is 1. The Bertz CT molecular complexity index is 510. The Hall–Kier alpha value is -1.07. The molecule has 108 valence electrons. The monoisotopic (exact) mass is 275 g/mol. The van der Waals surface area contributed by atoms with Crippen LogP contribution in [0.1, 0.15) is 58.4 Å². The normalized spacial score (nSPS) is 24.7. The Morgan fingerprint density at radius 1 is 1.20 bits per heavy atom. The second-order valence-corrected chi connectivity index (χ2v) is 6.88.